The third kappa shape index (κ3) is 9.57. The average Bonchev–Trinajstić information content (AvgIpc) is 2.33. The summed E-state index contributed by atoms with van der Waals surface area (Å²) >= 11 is 1.57. The number of aliphatic hydroxyl groups excluding tert-OH is 1. The van der Waals surface area contributed by atoms with Crippen LogP contribution in [0.1, 0.15) is 4.88 Å². The lowest BCUT2D eigenvalue weighted by molar-refractivity contribution is 0.285. The average molecular weight is 210 g/mol. The highest BCUT2D eigenvalue weighted by molar-refractivity contribution is 7.85. The quantitative estimate of drug-likeness (QED) is 0.670. The van der Waals surface area contributed by atoms with Crippen molar-refractivity contribution in [1.29, 1.82) is 0 Å². The molecule has 12 heavy (non-hydrogen) atoms. The van der Waals surface area contributed by atoms with Crippen LogP contribution >= 0.6 is 11.3 Å². The normalized spacial score (nSPS) is 10.2. The predicted octanol–water partition coefficient (Wildman–Crippen LogP) is 0.744. The Bertz CT molecular complexity index is 279. The molecular formula is C6H10O4S2. The first-order valence-electron chi connectivity index (χ1n) is 2.99. The van der Waals surface area contributed by atoms with Crippen LogP contribution in [0, 0.1) is 0 Å². The lowest BCUT2D eigenvalue weighted by atomic mass is 10.5. The molecule has 0 radical (unpaired) electrons. The number of thiophene rings is 1. The first-order chi connectivity index (χ1) is 5.43. The molecule has 1 heterocycles. The molecule has 0 amide bonds. The predicted molar refractivity (Wildman–Crippen MR) is 47.7 cm³/mol. The maximum atomic E-state index is 9.19. The second-order valence-electron chi connectivity index (χ2n) is 1.97. The largest absolute Gasteiger partial charge is 0.391 e. The van der Waals surface area contributed by atoms with Gasteiger partial charge in [-0.1, -0.05) is 6.07 Å². The van der Waals surface area contributed by atoms with Gasteiger partial charge >= 0.3 is 0 Å². The smallest absolute Gasteiger partial charge is 0.261 e. The van der Waals surface area contributed by atoms with Crippen LogP contribution in [0.2, 0.25) is 0 Å². The van der Waals surface area contributed by atoms with Gasteiger partial charge in [-0.3, -0.25) is 4.55 Å². The molecule has 0 aliphatic rings. The topological polar surface area (TPSA) is 74.6 Å². The van der Waals surface area contributed by atoms with Gasteiger partial charge in [-0.05, 0) is 11.4 Å². The summed E-state index contributed by atoms with van der Waals surface area (Å²) in [5.41, 5.74) is 0. The Morgan fingerprint density at radius 3 is 2.25 bits per heavy atom. The summed E-state index contributed by atoms with van der Waals surface area (Å²) in [4.78, 5) is 1.03. The standard InChI is InChI=1S/C5H6OS.CH4O3S/c6-4-5-2-1-3-7-5;1-5(2,3)4/h1-3,6H,4H2;1H3,(H,2,3,4). The molecule has 0 atom stereocenters. The minimum absolute atomic E-state index is 0.178. The Hall–Kier alpha value is -0.430. The van der Waals surface area contributed by atoms with Crippen molar-refractivity contribution >= 4 is 21.5 Å². The van der Waals surface area contributed by atoms with Gasteiger partial charge in [0.05, 0.1) is 12.9 Å². The first-order valence-corrected chi connectivity index (χ1v) is 5.72. The second-order valence-corrected chi connectivity index (χ2v) is 4.47. The molecule has 0 aliphatic heterocycles. The SMILES string of the molecule is CS(=O)(=O)O.OCc1cccs1. The number of hydrogen-bond donors (Lipinski definition) is 2. The summed E-state index contributed by atoms with van der Waals surface area (Å²) in [6.07, 6.45) is 0.715. The van der Waals surface area contributed by atoms with Gasteiger partial charge in [-0.15, -0.1) is 11.3 Å². The number of aliphatic hydroxyl groups is 1. The van der Waals surface area contributed by atoms with Crippen LogP contribution in [0.15, 0.2) is 17.5 Å². The van der Waals surface area contributed by atoms with E-state index < -0.39 is 10.1 Å². The molecule has 0 spiro atoms. The Morgan fingerprint density at radius 2 is 2.08 bits per heavy atom. The summed E-state index contributed by atoms with van der Waals surface area (Å²) in [6, 6.07) is 3.83. The molecule has 2 N–H and O–H groups in total. The van der Waals surface area contributed by atoms with Crippen molar-refractivity contribution in [1.82, 2.24) is 0 Å². The Balaban J connectivity index is 0.000000217. The third-order valence-electron chi connectivity index (χ3n) is 0.736. The number of rotatable bonds is 1. The summed E-state index contributed by atoms with van der Waals surface area (Å²) in [5, 5.41) is 10.4. The summed E-state index contributed by atoms with van der Waals surface area (Å²) in [5.74, 6) is 0. The van der Waals surface area contributed by atoms with Gasteiger partial charge in [0, 0.05) is 4.88 Å². The van der Waals surface area contributed by atoms with Crippen molar-refractivity contribution in [2.24, 2.45) is 0 Å². The highest BCUT2D eigenvalue weighted by Gasteiger charge is 1.84. The van der Waals surface area contributed by atoms with Crippen molar-refractivity contribution in [3.63, 3.8) is 0 Å². The molecular weight excluding hydrogens is 200 g/mol. The van der Waals surface area contributed by atoms with Gasteiger partial charge in [0.15, 0.2) is 0 Å². The van der Waals surface area contributed by atoms with Crippen molar-refractivity contribution in [2.45, 2.75) is 6.61 Å². The van der Waals surface area contributed by atoms with E-state index in [4.69, 9.17) is 9.66 Å². The summed E-state index contributed by atoms with van der Waals surface area (Å²) < 4.78 is 25.9. The Morgan fingerprint density at radius 1 is 1.58 bits per heavy atom. The zero-order valence-electron chi connectivity index (χ0n) is 6.47. The van der Waals surface area contributed by atoms with Gasteiger partial charge in [0.2, 0.25) is 0 Å². The van der Waals surface area contributed by atoms with Crippen LogP contribution in [0.3, 0.4) is 0 Å². The summed E-state index contributed by atoms with van der Waals surface area (Å²) in [6.45, 7) is 0.178. The van der Waals surface area contributed by atoms with E-state index in [1.165, 1.54) is 0 Å². The van der Waals surface area contributed by atoms with Crippen LogP contribution in [-0.2, 0) is 16.7 Å². The van der Waals surface area contributed by atoms with Crippen molar-refractivity contribution in [3.05, 3.63) is 22.4 Å². The fraction of sp³-hybridized carbons (Fsp3) is 0.333. The molecule has 0 fully saturated rings. The maximum Gasteiger partial charge on any atom is 0.261 e. The van der Waals surface area contributed by atoms with Gasteiger partial charge in [0.1, 0.15) is 0 Å². The lowest BCUT2D eigenvalue weighted by Crippen LogP contribution is -1.88. The molecule has 0 saturated heterocycles. The Labute approximate surface area is 75.2 Å². The van der Waals surface area contributed by atoms with E-state index in [0.717, 1.165) is 4.88 Å². The molecule has 0 aliphatic carbocycles. The van der Waals surface area contributed by atoms with Gasteiger partial charge < -0.3 is 5.11 Å². The highest BCUT2D eigenvalue weighted by Crippen LogP contribution is 2.06. The van der Waals surface area contributed by atoms with Gasteiger partial charge in [0.25, 0.3) is 10.1 Å². The van der Waals surface area contributed by atoms with E-state index >= 15 is 0 Å². The third-order valence-corrected chi connectivity index (χ3v) is 1.60. The van der Waals surface area contributed by atoms with E-state index in [2.05, 4.69) is 0 Å². The van der Waals surface area contributed by atoms with Crippen LogP contribution in [0.4, 0.5) is 0 Å². The van der Waals surface area contributed by atoms with Gasteiger partial charge in [-0.25, -0.2) is 0 Å². The molecule has 6 heteroatoms. The number of hydrogen-bond acceptors (Lipinski definition) is 4. The van der Waals surface area contributed by atoms with E-state index in [1.54, 1.807) is 11.3 Å². The first kappa shape index (κ1) is 11.6. The Kier molecular flexibility index (Phi) is 5.07. The molecule has 0 aromatic carbocycles. The molecule has 0 unspecified atom stereocenters. The molecule has 0 bridgehead atoms. The highest BCUT2D eigenvalue weighted by atomic mass is 32.2. The molecule has 0 saturated carbocycles. The van der Waals surface area contributed by atoms with Gasteiger partial charge in [-0.2, -0.15) is 8.42 Å². The van der Waals surface area contributed by atoms with E-state index in [9.17, 15) is 8.42 Å². The zero-order chi connectivity index (χ0) is 9.61. The lowest BCUT2D eigenvalue weighted by Gasteiger charge is -1.78. The van der Waals surface area contributed by atoms with E-state index in [1.807, 2.05) is 17.5 Å². The molecule has 70 valence electrons. The molecule has 4 nitrogen and oxygen atoms in total. The van der Waals surface area contributed by atoms with Crippen LogP contribution in [0.5, 0.6) is 0 Å². The minimum atomic E-state index is -3.67. The van der Waals surface area contributed by atoms with Crippen molar-refractivity contribution in [2.75, 3.05) is 6.26 Å². The van der Waals surface area contributed by atoms with Crippen molar-refractivity contribution < 1.29 is 18.1 Å². The second kappa shape index (κ2) is 5.26. The van der Waals surface area contributed by atoms with E-state index in [0.29, 0.717) is 6.26 Å². The monoisotopic (exact) mass is 210 g/mol. The zero-order valence-corrected chi connectivity index (χ0v) is 8.10. The molecule has 1 rings (SSSR count). The van der Waals surface area contributed by atoms with Crippen LogP contribution in [0.25, 0.3) is 0 Å². The van der Waals surface area contributed by atoms with Crippen LogP contribution < -0.4 is 0 Å². The fourth-order valence-corrected chi connectivity index (χ4v) is 0.966. The van der Waals surface area contributed by atoms with Crippen LogP contribution in [-0.4, -0.2) is 24.3 Å². The fourth-order valence-electron chi connectivity index (χ4n) is 0.403. The maximum absolute atomic E-state index is 9.19. The molecule has 1 aromatic heterocycles. The summed E-state index contributed by atoms with van der Waals surface area (Å²) in [7, 11) is -3.67. The minimum Gasteiger partial charge on any atom is -0.391 e. The van der Waals surface area contributed by atoms with Crippen molar-refractivity contribution in [3.8, 4) is 0 Å². The molecule has 1 aromatic rings. The van der Waals surface area contributed by atoms with E-state index in [-0.39, 0.29) is 6.61 Å².